The summed E-state index contributed by atoms with van der Waals surface area (Å²) in [5.74, 6) is 2.04. The van der Waals surface area contributed by atoms with E-state index in [9.17, 15) is 4.79 Å². The predicted molar refractivity (Wildman–Crippen MR) is 129 cm³/mol. The highest BCUT2D eigenvalue weighted by molar-refractivity contribution is 14.0. The van der Waals surface area contributed by atoms with Gasteiger partial charge in [0.25, 0.3) is 0 Å². The number of nitrogens with zero attached hydrogens (tertiary/aromatic N) is 6. The van der Waals surface area contributed by atoms with Crippen LogP contribution in [-0.4, -0.2) is 88.3 Å². The van der Waals surface area contributed by atoms with Crippen molar-refractivity contribution in [2.75, 3.05) is 45.8 Å². The summed E-state index contributed by atoms with van der Waals surface area (Å²) in [7, 11) is 0. The molecule has 2 heterocycles. The van der Waals surface area contributed by atoms with E-state index in [4.69, 9.17) is 4.99 Å². The average molecular weight is 530 g/mol. The third-order valence-electron chi connectivity index (χ3n) is 5.13. The molecule has 1 amide bonds. The van der Waals surface area contributed by atoms with Gasteiger partial charge in [-0.1, -0.05) is 19.1 Å². The largest absolute Gasteiger partial charge is 0.354 e. The molecule has 0 atom stereocenters. The van der Waals surface area contributed by atoms with Gasteiger partial charge in [-0.15, -0.1) is 34.2 Å². The lowest BCUT2D eigenvalue weighted by molar-refractivity contribution is -0.122. The fourth-order valence-corrected chi connectivity index (χ4v) is 3.33. The zero-order chi connectivity index (χ0) is 20.6. The van der Waals surface area contributed by atoms with Gasteiger partial charge in [0.1, 0.15) is 12.2 Å². The Morgan fingerprint density at radius 1 is 1.30 bits per heavy atom. The van der Waals surface area contributed by atoms with Crippen LogP contribution in [0.4, 0.5) is 0 Å². The summed E-state index contributed by atoms with van der Waals surface area (Å²) < 4.78 is 2.07. The van der Waals surface area contributed by atoms with Crippen molar-refractivity contribution in [2.24, 2.45) is 4.99 Å². The summed E-state index contributed by atoms with van der Waals surface area (Å²) in [6, 6.07) is 0.424. The topological polar surface area (TPSA) is 90.7 Å². The molecule has 168 valence electrons. The number of halogens is 1. The van der Waals surface area contributed by atoms with E-state index in [1.807, 2.05) is 6.92 Å². The van der Waals surface area contributed by atoms with Gasteiger partial charge in [0, 0.05) is 51.7 Å². The SMILES string of the molecule is C=C(C)CN=C(NCCn1cnnc1CC)N1CCN(CC(=O)NC2CC2)CC1.I. The van der Waals surface area contributed by atoms with Crippen LogP contribution in [-0.2, 0) is 17.8 Å². The van der Waals surface area contributed by atoms with Gasteiger partial charge in [-0.2, -0.15) is 0 Å². The first-order valence-corrected chi connectivity index (χ1v) is 10.6. The summed E-state index contributed by atoms with van der Waals surface area (Å²) in [6.07, 6.45) is 4.90. The Balaban J connectivity index is 0.00000320. The molecule has 3 rings (SSSR count). The molecule has 0 aromatic carbocycles. The lowest BCUT2D eigenvalue weighted by atomic mass is 10.3. The minimum absolute atomic E-state index is 0. The molecular weight excluding hydrogens is 495 g/mol. The molecule has 0 unspecified atom stereocenters. The summed E-state index contributed by atoms with van der Waals surface area (Å²) in [4.78, 5) is 21.3. The second kappa shape index (κ2) is 12.2. The van der Waals surface area contributed by atoms with Gasteiger partial charge in [-0.05, 0) is 19.8 Å². The average Bonchev–Trinajstić information content (AvgIpc) is 3.39. The molecule has 1 aromatic heterocycles. The van der Waals surface area contributed by atoms with Crippen LogP contribution >= 0.6 is 24.0 Å². The number of guanidine groups is 1. The van der Waals surface area contributed by atoms with Crippen molar-refractivity contribution >= 4 is 35.8 Å². The fraction of sp³-hybridized carbons (Fsp3) is 0.700. The normalized spacial score (nSPS) is 17.4. The Morgan fingerprint density at radius 2 is 2.03 bits per heavy atom. The number of hydrogen-bond acceptors (Lipinski definition) is 5. The van der Waals surface area contributed by atoms with Crippen LogP contribution in [0, 0.1) is 0 Å². The molecule has 2 fully saturated rings. The maximum Gasteiger partial charge on any atom is 0.234 e. The van der Waals surface area contributed by atoms with Crippen LogP contribution in [0.5, 0.6) is 0 Å². The Morgan fingerprint density at radius 3 is 2.67 bits per heavy atom. The molecule has 1 saturated heterocycles. The lowest BCUT2D eigenvalue weighted by Gasteiger charge is -2.36. The van der Waals surface area contributed by atoms with Gasteiger partial charge in [0.05, 0.1) is 13.1 Å². The highest BCUT2D eigenvalue weighted by atomic mass is 127. The van der Waals surface area contributed by atoms with Crippen molar-refractivity contribution in [2.45, 2.75) is 45.7 Å². The van der Waals surface area contributed by atoms with Crippen molar-refractivity contribution in [3.05, 3.63) is 24.3 Å². The Kier molecular flexibility index (Phi) is 10.0. The zero-order valence-corrected chi connectivity index (χ0v) is 20.5. The number of aliphatic imine (C=N–C) groups is 1. The first-order chi connectivity index (χ1) is 14.0. The summed E-state index contributed by atoms with van der Waals surface area (Å²) in [5, 5.41) is 14.7. The van der Waals surface area contributed by atoms with Crippen LogP contribution in [0.3, 0.4) is 0 Å². The van der Waals surface area contributed by atoms with Crippen LogP contribution < -0.4 is 10.6 Å². The number of carbonyl (C=O) groups is 1. The summed E-state index contributed by atoms with van der Waals surface area (Å²) in [5.41, 5.74) is 1.03. The van der Waals surface area contributed by atoms with E-state index in [1.165, 1.54) is 0 Å². The van der Waals surface area contributed by atoms with Gasteiger partial charge >= 0.3 is 0 Å². The number of hydrogen-bond donors (Lipinski definition) is 2. The highest BCUT2D eigenvalue weighted by Crippen LogP contribution is 2.18. The van der Waals surface area contributed by atoms with E-state index in [1.54, 1.807) is 6.33 Å². The Labute approximate surface area is 196 Å². The quantitative estimate of drug-likeness (QED) is 0.213. The first kappa shape index (κ1) is 24.6. The van der Waals surface area contributed by atoms with Gasteiger partial charge in [0.15, 0.2) is 5.96 Å². The van der Waals surface area contributed by atoms with Gasteiger partial charge in [0.2, 0.25) is 5.91 Å². The molecule has 0 bridgehead atoms. The summed E-state index contributed by atoms with van der Waals surface area (Å²) >= 11 is 0. The van der Waals surface area contributed by atoms with Gasteiger partial charge < -0.3 is 20.1 Å². The molecule has 1 aromatic rings. The van der Waals surface area contributed by atoms with Crippen LogP contribution in [0.15, 0.2) is 23.5 Å². The molecule has 0 spiro atoms. The zero-order valence-electron chi connectivity index (χ0n) is 18.1. The highest BCUT2D eigenvalue weighted by Gasteiger charge is 2.26. The number of amides is 1. The molecule has 1 saturated carbocycles. The predicted octanol–water partition coefficient (Wildman–Crippen LogP) is 0.876. The third kappa shape index (κ3) is 7.86. The number of aryl methyl sites for hydroxylation is 1. The smallest absolute Gasteiger partial charge is 0.234 e. The Hall–Kier alpha value is -1.69. The van der Waals surface area contributed by atoms with Gasteiger partial charge in [-0.3, -0.25) is 9.69 Å². The van der Waals surface area contributed by atoms with Crippen molar-refractivity contribution in [1.29, 1.82) is 0 Å². The third-order valence-corrected chi connectivity index (χ3v) is 5.13. The molecule has 2 aliphatic rings. The first-order valence-electron chi connectivity index (χ1n) is 10.6. The second-order valence-corrected chi connectivity index (χ2v) is 7.92. The second-order valence-electron chi connectivity index (χ2n) is 7.92. The van der Waals surface area contributed by atoms with Crippen molar-refractivity contribution in [3.8, 4) is 0 Å². The number of carbonyl (C=O) groups excluding carboxylic acids is 1. The van der Waals surface area contributed by atoms with Gasteiger partial charge in [-0.25, -0.2) is 4.99 Å². The number of rotatable bonds is 9. The summed E-state index contributed by atoms with van der Waals surface area (Å²) in [6.45, 7) is 14.1. The van der Waals surface area contributed by atoms with E-state index < -0.39 is 0 Å². The number of aromatic nitrogens is 3. The monoisotopic (exact) mass is 530 g/mol. The molecular formula is C20H35IN8O. The van der Waals surface area contributed by atoms with Crippen molar-refractivity contribution in [3.63, 3.8) is 0 Å². The van der Waals surface area contributed by atoms with E-state index in [0.717, 1.165) is 75.9 Å². The number of nitrogens with one attached hydrogen (secondary N) is 2. The van der Waals surface area contributed by atoms with E-state index in [-0.39, 0.29) is 29.9 Å². The van der Waals surface area contributed by atoms with E-state index in [2.05, 4.69) is 48.7 Å². The fourth-order valence-electron chi connectivity index (χ4n) is 3.33. The van der Waals surface area contributed by atoms with Crippen LogP contribution in [0.25, 0.3) is 0 Å². The molecule has 1 aliphatic carbocycles. The number of piperazine rings is 1. The Bertz CT molecular complexity index is 722. The van der Waals surface area contributed by atoms with Crippen LogP contribution in [0.1, 0.15) is 32.5 Å². The lowest BCUT2D eigenvalue weighted by Crippen LogP contribution is -2.54. The van der Waals surface area contributed by atoms with Crippen molar-refractivity contribution in [1.82, 2.24) is 35.2 Å². The molecule has 2 N–H and O–H groups in total. The molecule has 30 heavy (non-hydrogen) atoms. The maximum atomic E-state index is 12.0. The molecule has 1 aliphatic heterocycles. The standard InChI is InChI=1S/C20H34N8O.HI/c1-4-18-25-23-15-28(18)8-7-21-20(22-13-16(2)3)27-11-9-26(10-12-27)14-19(29)24-17-5-6-17;/h15,17H,2,4-14H2,1,3H3,(H,21,22)(H,24,29);1H. The van der Waals surface area contributed by atoms with E-state index in [0.29, 0.717) is 19.1 Å². The minimum Gasteiger partial charge on any atom is -0.354 e. The van der Waals surface area contributed by atoms with Crippen LogP contribution in [0.2, 0.25) is 0 Å². The maximum absolute atomic E-state index is 12.0. The minimum atomic E-state index is 0. The molecule has 0 radical (unpaired) electrons. The molecule has 10 heteroatoms. The van der Waals surface area contributed by atoms with Crippen molar-refractivity contribution < 1.29 is 4.79 Å². The van der Waals surface area contributed by atoms with E-state index >= 15 is 0 Å². The molecule has 9 nitrogen and oxygen atoms in total.